The number of anilines is 1. The lowest BCUT2D eigenvalue weighted by atomic mass is 10.5. The van der Waals surface area contributed by atoms with E-state index in [4.69, 9.17) is 10.8 Å². The zero-order valence-electron chi connectivity index (χ0n) is 4.87. The minimum absolute atomic E-state index is 0.175. The molecule has 2 aromatic rings. The van der Waals surface area contributed by atoms with E-state index in [0.29, 0.717) is 5.69 Å². The van der Waals surface area contributed by atoms with Crippen molar-refractivity contribution in [2.24, 2.45) is 0 Å². The van der Waals surface area contributed by atoms with Crippen LogP contribution in [-0.2, 0) is 0 Å². The Labute approximate surface area is 64.7 Å². The third-order valence-corrected chi connectivity index (χ3v) is 3.11. The van der Waals surface area contributed by atoms with Gasteiger partial charge in [0.15, 0.2) is 5.06 Å². The van der Waals surface area contributed by atoms with E-state index in [2.05, 4.69) is 4.98 Å². The number of hydrogen-bond donors (Lipinski definition) is 2. The van der Waals surface area contributed by atoms with Gasteiger partial charge in [-0.1, -0.05) is 11.3 Å². The summed E-state index contributed by atoms with van der Waals surface area (Å²) in [5.41, 5.74) is 7.69. The van der Waals surface area contributed by atoms with Crippen molar-refractivity contribution < 1.29 is 5.11 Å². The lowest BCUT2D eigenvalue weighted by molar-refractivity contribution is 0.494. The topological polar surface area (TPSA) is 59.1 Å². The third-order valence-electron chi connectivity index (χ3n) is 1.20. The minimum Gasteiger partial charge on any atom is -0.498 e. The Bertz CT molecular complexity index is 364. The molecule has 0 aliphatic rings. The van der Waals surface area contributed by atoms with Crippen molar-refractivity contribution in [2.45, 2.75) is 0 Å². The van der Waals surface area contributed by atoms with Crippen LogP contribution in [0.25, 0.3) is 9.53 Å². The smallest absolute Gasteiger partial charge is 0.198 e. The molecule has 3 nitrogen and oxygen atoms in total. The average Bonchev–Trinajstić information content (AvgIpc) is 2.41. The fourth-order valence-electron chi connectivity index (χ4n) is 0.731. The second-order valence-corrected chi connectivity index (χ2v) is 3.64. The zero-order chi connectivity index (χ0) is 7.14. The summed E-state index contributed by atoms with van der Waals surface area (Å²) in [5, 5.41) is 9.27. The summed E-state index contributed by atoms with van der Waals surface area (Å²) in [5.74, 6) is 0. The number of thiazole rings is 1. The maximum absolute atomic E-state index is 9.09. The van der Waals surface area contributed by atoms with Gasteiger partial charge in [-0.2, -0.15) is 0 Å². The Morgan fingerprint density at radius 1 is 1.60 bits per heavy atom. The van der Waals surface area contributed by atoms with Gasteiger partial charge >= 0.3 is 0 Å². The number of thiophene rings is 1. The molecule has 0 aliphatic heterocycles. The maximum atomic E-state index is 9.09. The highest BCUT2D eigenvalue weighted by atomic mass is 32.1. The van der Waals surface area contributed by atoms with Crippen molar-refractivity contribution in [3.05, 3.63) is 5.51 Å². The van der Waals surface area contributed by atoms with Gasteiger partial charge < -0.3 is 10.8 Å². The summed E-state index contributed by atoms with van der Waals surface area (Å²) in [4.78, 5) is 4.82. The van der Waals surface area contributed by atoms with E-state index in [1.807, 2.05) is 0 Å². The number of nitrogens with two attached hydrogens (primary N) is 1. The van der Waals surface area contributed by atoms with Gasteiger partial charge in [0.25, 0.3) is 0 Å². The molecule has 52 valence electrons. The van der Waals surface area contributed by atoms with Gasteiger partial charge in [0, 0.05) is 0 Å². The Morgan fingerprint density at radius 3 is 3.10 bits per heavy atom. The Balaban J connectivity index is 2.95. The molecule has 2 heterocycles. The molecule has 3 N–H and O–H groups in total. The van der Waals surface area contributed by atoms with Gasteiger partial charge in [-0.05, 0) is 0 Å². The lowest BCUT2D eigenvalue weighted by Crippen LogP contribution is -1.78. The molecule has 0 bridgehead atoms. The van der Waals surface area contributed by atoms with Crippen LogP contribution in [0, 0.1) is 0 Å². The van der Waals surface area contributed by atoms with Crippen LogP contribution in [0.1, 0.15) is 0 Å². The molecule has 0 aliphatic carbocycles. The van der Waals surface area contributed by atoms with Crippen molar-refractivity contribution >= 4 is 37.9 Å². The summed E-state index contributed by atoms with van der Waals surface area (Å²) in [6, 6.07) is 0. The average molecular weight is 172 g/mol. The Kier molecular flexibility index (Phi) is 1.09. The van der Waals surface area contributed by atoms with Gasteiger partial charge in [0.1, 0.15) is 10.5 Å². The van der Waals surface area contributed by atoms with Crippen LogP contribution in [0.5, 0.6) is 5.06 Å². The number of aromatic hydroxyl groups is 1. The van der Waals surface area contributed by atoms with Crippen molar-refractivity contribution in [2.75, 3.05) is 5.73 Å². The second kappa shape index (κ2) is 1.83. The standard InChI is InChI=1S/C5H4N2OS2/c6-2-3-4(7-1-9-3)10-5(2)8/h1,8H,6H2. The molecule has 0 fully saturated rings. The minimum atomic E-state index is 0.175. The Hall–Kier alpha value is -0.810. The molecule has 0 saturated heterocycles. The van der Waals surface area contributed by atoms with Crippen LogP contribution in [0.15, 0.2) is 5.51 Å². The summed E-state index contributed by atoms with van der Waals surface area (Å²) in [6.07, 6.45) is 0. The van der Waals surface area contributed by atoms with E-state index in [1.165, 1.54) is 22.7 Å². The van der Waals surface area contributed by atoms with Crippen molar-refractivity contribution in [1.29, 1.82) is 0 Å². The highest BCUT2D eigenvalue weighted by molar-refractivity contribution is 7.28. The molecule has 0 saturated carbocycles. The zero-order valence-corrected chi connectivity index (χ0v) is 6.50. The normalized spacial score (nSPS) is 10.8. The Morgan fingerprint density at radius 2 is 2.40 bits per heavy atom. The van der Waals surface area contributed by atoms with E-state index < -0.39 is 0 Å². The fourth-order valence-corrected chi connectivity index (χ4v) is 2.48. The van der Waals surface area contributed by atoms with Crippen molar-refractivity contribution in [3.63, 3.8) is 0 Å². The molecular weight excluding hydrogens is 168 g/mol. The molecule has 0 amide bonds. The molecule has 10 heavy (non-hydrogen) atoms. The first-order valence-corrected chi connectivity index (χ1v) is 4.29. The first kappa shape index (κ1) is 5.94. The van der Waals surface area contributed by atoms with Crippen LogP contribution in [0.3, 0.4) is 0 Å². The summed E-state index contributed by atoms with van der Waals surface area (Å²) < 4.78 is 0.891. The van der Waals surface area contributed by atoms with Crippen LogP contribution >= 0.6 is 22.7 Å². The molecular formula is C5H4N2OS2. The molecule has 0 aromatic carbocycles. The number of nitrogen functional groups attached to an aromatic ring is 1. The number of aromatic nitrogens is 1. The number of fused-ring (bicyclic) bond motifs is 1. The van der Waals surface area contributed by atoms with E-state index in [0.717, 1.165) is 9.53 Å². The number of hydrogen-bond acceptors (Lipinski definition) is 5. The van der Waals surface area contributed by atoms with E-state index in [1.54, 1.807) is 5.51 Å². The molecule has 2 aromatic heterocycles. The predicted molar refractivity (Wildman–Crippen MR) is 43.6 cm³/mol. The van der Waals surface area contributed by atoms with Gasteiger partial charge in [0.2, 0.25) is 0 Å². The molecule has 2 rings (SSSR count). The molecule has 5 heteroatoms. The third kappa shape index (κ3) is 0.614. The van der Waals surface area contributed by atoms with Crippen LogP contribution in [0.4, 0.5) is 5.69 Å². The predicted octanol–water partition coefficient (Wildman–Crippen LogP) is 1.65. The fraction of sp³-hybridized carbons (Fsp3) is 0. The molecule has 0 atom stereocenters. The highest BCUT2D eigenvalue weighted by Gasteiger charge is 2.08. The van der Waals surface area contributed by atoms with Gasteiger partial charge in [-0.25, -0.2) is 4.98 Å². The SMILES string of the molecule is Nc1c(O)sc2ncsc12. The van der Waals surface area contributed by atoms with Crippen LogP contribution in [-0.4, -0.2) is 10.1 Å². The van der Waals surface area contributed by atoms with Gasteiger partial charge in [-0.15, -0.1) is 11.3 Å². The second-order valence-electron chi connectivity index (χ2n) is 1.81. The van der Waals surface area contributed by atoms with E-state index in [-0.39, 0.29) is 5.06 Å². The summed E-state index contributed by atoms with van der Waals surface area (Å²) >= 11 is 2.66. The largest absolute Gasteiger partial charge is 0.498 e. The lowest BCUT2D eigenvalue weighted by Gasteiger charge is -1.82. The highest BCUT2D eigenvalue weighted by Crippen LogP contribution is 2.40. The van der Waals surface area contributed by atoms with Crippen molar-refractivity contribution in [3.8, 4) is 5.06 Å². The summed E-state index contributed by atoms with van der Waals surface area (Å²) in [7, 11) is 0. The maximum Gasteiger partial charge on any atom is 0.198 e. The van der Waals surface area contributed by atoms with E-state index in [9.17, 15) is 0 Å². The molecule has 0 unspecified atom stereocenters. The van der Waals surface area contributed by atoms with Crippen LogP contribution < -0.4 is 5.73 Å². The number of nitrogens with zero attached hydrogens (tertiary/aromatic N) is 1. The van der Waals surface area contributed by atoms with Crippen molar-refractivity contribution in [1.82, 2.24) is 4.98 Å². The van der Waals surface area contributed by atoms with Crippen LogP contribution in [0.2, 0.25) is 0 Å². The quantitative estimate of drug-likeness (QED) is 0.635. The van der Waals surface area contributed by atoms with Gasteiger partial charge in [0.05, 0.1) is 10.2 Å². The number of rotatable bonds is 0. The first-order chi connectivity index (χ1) is 4.79. The van der Waals surface area contributed by atoms with Gasteiger partial charge in [-0.3, -0.25) is 0 Å². The molecule has 0 spiro atoms. The first-order valence-electron chi connectivity index (χ1n) is 2.59. The monoisotopic (exact) mass is 172 g/mol. The summed E-state index contributed by atoms with van der Waals surface area (Å²) in [6.45, 7) is 0. The van der Waals surface area contributed by atoms with E-state index >= 15 is 0 Å². The molecule has 0 radical (unpaired) electrons.